The summed E-state index contributed by atoms with van der Waals surface area (Å²) >= 11 is 0. The van der Waals surface area contributed by atoms with Crippen LogP contribution in [0.1, 0.15) is 37.6 Å². The second-order valence-electron chi connectivity index (χ2n) is 8.47. The molecular weight excluding hydrogens is 389 g/mol. The molecule has 1 saturated heterocycles. The molecule has 3 heterocycles. The van der Waals surface area contributed by atoms with E-state index in [1.165, 1.54) is 16.7 Å². The molecule has 2 aromatic rings. The summed E-state index contributed by atoms with van der Waals surface area (Å²) in [6.45, 7) is 4.78. The maximum absolute atomic E-state index is 13.8. The van der Waals surface area contributed by atoms with Gasteiger partial charge in [0, 0.05) is 37.9 Å². The molecule has 0 radical (unpaired) electrons. The lowest BCUT2D eigenvalue weighted by Gasteiger charge is -2.26. The van der Waals surface area contributed by atoms with Crippen molar-refractivity contribution in [2.24, 2.45) is 11.8 Å². The van der Waals surface area contributed by atoms with Gasteiger partial charge >= 0.3 is 5.69 Å². The molecule has 1 aromatic carbocycles. The molecule has 2 aliphatic heterocycles. The molecule has 2 aliphatic rings. The number of aromatic amines is 1. The van der Waals surface area contributed by atoms with Crippen molar-refractivity contribution in [1.82, 2.24) is 25.0 Å². The predicted octanol–water partition coefficient (Wildman–Crippen LogP) is 1.04. The van der Waals surface area contributed by atoms with Crippen LogP contribution in [0.3, 0.4) is 0 Å². The van der Waals surface area contributed by atoms with Gasteiger partial charge in [0.2, 0.25) is 11.8 Å². The number of aromatic nitrogens is 3. The van der Waals surface area contributed by atoms with E-state index in [4.69, 9.17) is 0 Å². The number of aryl methyl sites for hydroxylation is 1. The zero-order valence-electron chi connectivity index (χ0n) is 17.1. The third-order valence-corrected chi connectivity index (χ3v) is 6.06. The van der Waals surface area contributed by atoms with Crippen molar-refractivity contribution < 1.29 is 14.0 Å². The third-order valence-electron chi connectivity index (χ3n) is 6.06. The van der Waals surface area contributed by atoms with Crippen molar-refractivity contribution in [1.29, 1.82) is 0 Å². The first-order valence-corrected chi connectivity index (χ1v) is 10.3. The van der Waals surface area contributed by atoms with Crippen LogP contribution in [0.5, 0.6) is 0 Å². The van der Waals surface area contributed by atoms with Crippen molar-refractivity contribution in [2.75, 3.05) is 13.1 Å². The number of carbonyl (C=O) groups excluding carboxylic acids is 2. The molecule has 0 spiro atoms. The minimum atomic E-state index is -0.351. The molecule has 9 heteroatoms. The van der Waals surface area contributed by atoms with Crippen LogP contribution in [0.15, 0.2) is 29.1 Å². The molecule has 1 aromatic heterocycles. The fraction of sp³-hybridized carbons (Fsp3) is 0.524. The third kappa shape index (κ3) is 3.88. The normalized spacial score (nSPS) is 23.5. The number of halogens is 1. The maximum Gasteiger partial charge on any atom is 0.343 e. The van der Waals surface area contributed by atoms with E-state index in [1.54, 1.807) is 11.0 Å². The van der Waals surface area contributed by atoms with Crippen LogP contribution < -0.4 is 11.0 Å². The van der Waals surface area contributed by atoms with Crippen LogP contribution in [0.4, 0.5) is 4.39 Å². The Balaban J connectivity index is 1.52. The number of likely N-dealkylation sites (tertiary alicyclic amines) is 1. The number of fused-ring (bicyclic) bond motifs is 1. The van der Waals surface area contributed by atoms with Crippen molar-refractivity contribution >= 4 is 11.8 Å². The van der Waals surface area contributed by atoms with E-state index >= 15 is 0 Å². The van der Waals surface area contributed by atoms with Gasteiger partial charge in [0.15, 0.2) is 0 Å². The summed E-state index contributed by atoms with van der Waals surface area (Å²) < 4.78 is 15.3. The molecule has 4 rings (SSSR count). The van der Waals surface area contributed by atoms with Gasteiger partial charge in [-0.1, -0.05) is 26.0 Å². The van der Waals surface area contributed by atoms with Gasteiger partial charge in [-0.15, -0.1) is 0 Å². The van der Waals surface area contributed by atoms with Gasteiger partial charge in [-0.2, -0.15) is 5.10 Å². The van der Waals surface area contributed by atoms with Crippen LogP contribution in [-0.4, -0.2) is 50.6 Å². The highest BCUT2D eigenvalue weighted by atomic mass is 19.1. The highest BCUT2D eigenvalue weighted by Gasteiger charge is 2.39. The monoisotopic (exact) mass is 415 g/mol. The van der Waals surface area contributed by atoms with Gasteiger partial charge in [-0.05, 0) is 24.1 Å². The topological polar surface area (TPSA) is 100 Å². The maximum atomic E-state index is 13.8. The Labute approximate surface area is 173 Å². The number of nitrogens with zero attached hydrogens (tertiary/aromatic N) is 3. The highest BCUT2D eigenvalue weighted by Crippen LogP contribution is 2.30. The van der Waals surface area contributed by atoms with E-state index in [1.807, 2.05) is 19.9 Å². The molecule has 0 aliphatic carbocycles. The van der Waals surface area contributed by atoms with Crippen molar-refractivity contribution in [3.05, 3.63) is 52.0 Å². The Morgan fingerprint density at radius 3 is 2.80 bits per heavy atom. The summed E-state index contributed by atoms with van der Waals surface area (Å²) in [7, 11) is 0. The van der Waals surface area contributed by atoms with E-state index in [0.29, 0.717) is 31.8 Å². The molecule has 3 atom stereocenters. The standard InChI is InChI=1S/C21H26FN5O3/c1-12(2)20(29)26-10-16(13-4-3-5-15(22)8-13)17(11-26)23-19(28)14-6-7-18-24-25-21(30)27(18)9-14/h3-5,8,12,14,16-17H,6-7,9-11H2,1-2H3,(H,23,28)(H,25,30)/t14?,16-,17+/m0/s1. The Kier molecular flexibility index (Phi) is 5.44. The fourth-order valence-electron chi connectivity index (χ4n) is 4.43. The Hall–Kier alpha value is -2.97. The van der Waals surface area contributed by atoms with Crippen LogP contribution >= 0.6 is 0 Å². The van der Waals surface area contributed by atoms with Crippen LogP contribution in [0.2, 0.25) is 0 Å². The van der Waals surface area contributed by atoms with E-state index in [-0.39, 0.29) is 53.7 Å². The van der Waals surface area contributed by atoms with Gasteiger partial charge in [0.25, 0.3) is 0 Å². The second kappa shape index (κ2) is 8.04. The summed E-state index contributed by atoms with van der Waals surface area (Å²) in [4.78, 5) is 39.2. The van der Waals surface area contributed by atoms with E-state index in [2.05, 4.69) is 15.5 Å². The molecule has 0 saturated carbocycles. The predicted molar refractivity (Wildman–Crippen MR) is 107 cm³/mol. The van der Waals surface area contributed by atoms with Crippen LogP contribution in [-0.2, 0) is 22.6 Å². The summed E-state index contributed by atoms with van der Waals surface area (Å²) in [5.74, 6) is -0.516. The summed E-state index contributed by atoms with van der Waals surface area (Å²) in [6.07, 6.45) is 1.15. The number of benzene rings is 1. The first kappa shape index (κ1) is 20.3. The lowest BCUT2D eigenvalue weighted by Crippen LogP contribution is -2.46. The Bertz CT molecular complexity index is 1010. The zero-order chi connectivity index (χ0) is 21.4. The second-order valence-corrected chi connectivity index (χ2v) is 8.47. The molecule has 0 bridgehead atoms. The van der Waals surface area contributed by atoms with Gasteiger partial charge in [-0.25, -0.2) is 14.3 Å². The van der Waals surface area contributed by atoms with Gasteiger partial charge in [0.1, 0.15) is 11.6 Å². The van der Waals surface area contributed by atoms with Crippen molar-refractivity contribution in [3.63, 3.8) is 0 Å². The van der Waals surface area contributed by atoms with Crippen molar-refractivity contribution in [3.8, 4) is 0 Å². The van der Waals surface area contributed by atoms with Crippen LogP contribution in [0, 0.1) is 17.7 Å². The lowest BCUT2D eigenvalue weighted by atomic mass is 9.92. The summed E-state index contributed by atoms with van der Waals surface area (Å²) in [6, 6.07) is 6.00. The van der Waals surface area contributed by atoms with Crippen LogP contribution in [0.25, 0.3) is 0 Å². The smallest absolute Gasteiger partial charge is 0.343 e. The number of H-pyrrole nitrogens is 1. The zero-order valence-corrected chi connectivity index (χ0v) is 17.1. The quantitative estimate of drug-likeness (QED) is 0.779. The molecule has 2 amide bonds. The Morgan fingerprint density at radius 2 is 2.07 bits per heavy atom. The average Bonchev–Trinajstić information content (AvgIpc) is 3.31. The number of amides is 2. The van der Waals surface area contributed by atoms with Gasteiger partial charge in [0.05, 0.1) is 12.0 Å². The molecule has 1 fully saturated rings. The first-order valence-electron chi connectivity index (χ1n) is 10.3. The molecule has 8 nitrogen and oxygen atoms in total. The SMILES string of the molecule is CC(C)C(=O)N1C[C@@H](NC(=O)C2CCc3n[nH]c(=O)n3C2)[C@H](c2cccc(F)c2)C1. The summed E-state index contributed by atoms with van der Waals surface area (Å²) in [5.41, 5.74) is 0.450. The number of carbonyl (C=O) groups is 2. The van der Waals surface area contributed by atoms with Gasteiger partial charge < -0.3 is 10.2 Å². The minimum Gasteiger partial charge on any atom is -0.351 e. The molecule has 30 heavy (non-hydrogen) atoms. The lowest BCUT2D eigenvalue weighted by molar-refractivity contribution is -0.134. The highest BCUT2D eigenvalue weighted by molar-refractivity contribution is 5.81. The first-order chi connectivity index (χ1) is 14.3. The summed E-state index contributed by atoms with van der Waals surface area (Å²) in [5, 5.41) is 9.48. The molecule has 2 N–H and O–H groups in total. The van der Waals surface area contributed by atoms with Crippen molar-refractivity contribution in [2.45, 2.75) is 45.2 Å². The van der Waals surface area contributed by atoms with E-state index in [0.717, 1.165) is 5.56 Å². The molecular formula is C21H26FN5O3. The molecule has 1 unspecified atom stereocenters. The van der Waals surface area contributed by atoms with E-state index in [9.17, 15) is 18.8 Å². The number of hydrogen-bond acceptors (Lipinski definition) is 4. The number of hydrogen-bond donors (Lipinski definition) is 2. The Morgan fingerprint density at radius 1 is 1.27 bits per heavy atom. The average molecular weight is 415 g/mol. The largest absolute Gasteiger partial charge is 0.351 e. The van der Waals surface area contributed by atoms with Gasteiger partial charge in [-0.3, -0.25) is 14.2 Å². The minimum absolute atomic E-state index is 0.0143. The van der Waals surface area contributed by atoms with E-state index < -0.39 is 0 Å². The number of nitrogens with one attached hydrogen (secondary N) is 2. The molecule has 160 valence electrons. The number of rotatable bonds is 4. The fourth-order valence-corrected chi connectivity index (χ4v) is 4.43.